The summed E-state index contributed by atoms with van der Waals surface area (Å²) in [4.78, 5) is 17.3. The van der Waals surface area contributed by atoms with Gasteiger partial charge in [0.2, 0.25) is 5.76 Å². The van der Waals surface area contributed by atoms with Crippen LogP contribution in [0.25, 0.3) is 22.5 Å². The number of likely N-dealkylation sites (N-methyl/N-ethyl adjacent to an activating group) is 1. The first kappa shape index (κ1) is 20.6. The van der Waals surface area contributed by atoms with Crippen molar-refractivity contribution < 1.29 is 14.4 Å². The molecule has 0 unspecified atom stereocenters. The van der Waals surface area contributed by atoms with E-state index in [1.165, 1.54) is 5.69 Å². The van der Waals surface area contributed by atoms with Crippen LogP contribution in [0, 0.1) is 6.92 Å². The summed E-state index contributed by atoms with van der Waals surface area (Å²) >= 11 is 6.57. The average molecular weight is 451 g/mol. The van der Waals surface area contributed by atoms with Crippen LogP contribution in [0.2, 0.25) is 5.02 Å². The van der Waals surface area contributed by atoms with Gasteiger partial charge in [-0.3, -0.25) is 4.79 Å². The minimum absolute atomic E-state index is 0.142. The number of anilines is 2. The second-order valence-electron chi connectivity index (χ2n) is 8.23. The van der Waals surface area contributed by atoms with Crippen LogP contribution < -0.4 is 10.2 Å². The van der Waals surface area contributed by atoms with Gasteiger partial charge in [0.15, 0.2) is 5.76 Å². The van der Waals surface area contributed by atoms with Crippen LogP contribution in [-0.2, 0) is 4.79 Å². The van der Waals surface area contributed by atoms with Gasteiger partial charge in [-0.05, 0) is 43.8 Å². The van der Waals surface area contributed by atoms with Crippen molar-refractivity contribution in [2.75, 3.05) is 43.4 Å². The Morgan fingerprint density at radius 2 is 1.81 bits per heavy atom. The van der Waals surface area contributed by atoms with Gasteiger partial charge in [-0.2, -0.15) is 0 Å². The van der Waals surface area contributed by atoms with E-state index in [4.69, 9.17) is 16.1 Å². The molecule has 0 bridgehead atoms. The summed E-state index contributed by atoms with van der Waals surface area (Å²) in [6.45, 7) is 5.83. The van der Waals surface area contributed by atoms with Gasteiger partial charge in [-0.1, -0.05) is 28.9 Å². The number of amides is 1. The van der Waals surface area contributed by atoms with Gasteiger partial charge in [-0.25, -0.2) is 0 Å². The number of halogens is 1. The summed E-state index contributed by atoms with van der Waals surface area (Å²) in [6, 6.07) is 13.4. The van der Waals surface area contributed by atoms with Crippen LogP contribution in [-0.4, -0.2) is 54.3 Å². The molecule has 1 saturated heterocycles. The van der Waals surface area contributed by atoms with E-state index in [0.29, 0.717) is 22.0 Å². The standard InChI is InChI=1S/C24H23ClN4O3/c1-14-11-21(32-27-14)23(30)22-18-12-17(19(25)13-20(18)26-24(22)31)15-3-5-16(6-4-15)29-9-7-28(2)8-10-29/h3-6,11-13,30H,7-10H2,1-2H3,(H,26,31). The summed E-state index contributed by atoms with van der Waals surface area (Å²) in [6.07, 6.45) is 0. The molecule has 1 aromatic heterocycles. The maximum absolute atomic E-state index is 12.6. The highest BCUT2D eigenvalue weighted by atomic mass is 35.5. The first-order valence-electron chi connectivity index (χ1n) is 10.5. The molecule has 2 N–H and O–H groups in total. The van der Waals surface area contributed by atoms with Crippen molar-refractivity contribution in [1.29, 1.82) is 0 Å². The van der Waals surface area contributed by atoms with Crippen LogP contribution in [0.3, 0.4) is 0 Å². The number of carbonyl (C=O) groups excluding carboxylic acids is 1. The number of hydrogen-bond acceptors (Lipinski definition) is 6. The molecule has 3 heterocycles. The quantitative estimate of drug-likeness (QED) is 0.453. The fourth-order valence-corrected chi connectivity index (χ4v) is 4.43. The number of aryl methyl sites for hydroxylation is 1. The predicted octanol–water partition coefficient (Wildman–Crippen LogP) is 4.43. The largest absolute Gasteiger partial charge is 0.504 e. The van der Waals surface area contributed by atoms with Crippen LogP contribution in [0.4, 0.5) is 11.4 Å². The fraction of sp³-hybridized carbons (Fsp3) is 0.250. The first-order valence-corrected chi connectivity index (χ1v) is 10.8. The van der Waals surface area contributed by atoms with Crippen LogP contribution in [0.1, 0.15) is 17.0 Å². The Bertz CT molecular complexity index is 1220. The molecule has 8 heteroatoms. The molecule has 5 rings (SSSR count). The molecule has 0 radical (unpaired) electrons. The fourth-order valence-electron chi connectivity index (χ4n) is 4.16. The maximum atomic E-state index is 12.6. The van der Waals surface area contributed by atoms with E-state index < -0.39 is 5.91 Å². The number of nitrogens with zero attached hydrogens (tertiary/aromatic N) is 3. The Morgan fingerprint density at radius 1 is 1.09 bits per heavy atom. The lowest BCUT2D eigenvalue weighted by Gasteiger charge is -2.34. The van der Waals surface area contributed by atoms with Gasteiger partial charge < -0.3 is 24.7 Å². The van der Waals surface area contributed by atoms with Gasteiger partial charge in [0.25, 0.3) is 5.91 Å². The van der Waals surface area contributed by atoms with E-state index in [0.717, 1.165) is 37.3 Å². The Morgan fingerprint density at radius 3 is 2.47 bits per heavy atom. The third-order valence-corrected chi connectivity index (χ3v) is 6.31. The molecular formula is C24H23ClN4O3. The van der Waals surface area contributed by atoms with Crippen molar-refractivity contribution in [3.05, 3.63) is 64.5 Å². The molecule has 2 aliphatic heterocycles. The van der Waals surface area contributed by atoms with Gasteiger partial charge >= 0.3 is 0 Å². The third-order valence-electron chi connectivity index (χ3n) is 6.00. The Kier molecular flexibility index (Phi) is 5.15. The number of rotatable bonds is 3. The smallest absolute Gasteiger partial charge is 0.260 e. The Hall–Kier alpha value is -3.29. The van der Waals surface area contributed by atoms with Gasteiger partial charge in [0, 0.05) is 49.1 Å². The summed E-state index contributed by atoms with van der Waals surface area (Å²) in [7, 11) is 2.14. The lowest BCUT2D eigenvalue weighted by molar-refractivity contribution is -0.110. The predicted molar refractivity (Wildman–Crippen MR) is 126 cm³/mol. The molecular weight excluding hydrogens is 428 g/mol. The van der Waals surface area contributed by atoms with Gasteiger partial charge in [0.05, 0.1) is 22.0 Å². The number of aliphatic hydroxyl groups excluding tert-OH is 1. The van der Waals surface area contributed by atoms with Crippen LogP contribution in [0.5, 0.6) is 0 Å². The van der Waals surface area contributed by atoms with E-state index in [-0.39, 0.29) is 17.1 Å². The second kappa shape index (κ2) is 8.00. The zero-order chi connectivity index (χ0) is 22.4. The van der Waals surface area contributed by atoms with Crippen molar-refractivity contribution in [1.82, 2.24) is 10.1 Å². The summed E-state index contributed by atoms with van der Waals surface area (Å²) in [5, 5.41) is 17.8. The van der Waals surface area contributed by atoms with Crippen molar-refractivity contribution in [3.63, 3.8) is 0 Å². The lowest BCUT2D eigenvalue weighted by Crippen LogP contribution is -2.44. The molecule has 3 aromatic rings. The van der Waals surface area contributed by atoms with Crippen molar-refractivity contribution in [2.45, 2.75) is 6.92 Å². The zero-order valence-electron chi connectivity index (χ0n) is 17.9. The molecule has 0 aliphatic carbocycles. The number of fused-ring (bicyclic) bond motifs is 1. The highest BCUT2D eigenvalue weighted by molar-refractivity contribution is 6.38. The zero-order valence-corrected chi connectivity index (χ0v) is 18.6. The SMILES string of the molecule is Cc1cc(C(O)=C2C(=O)Nc3cc(Cl)c(-c4ccc(N5CCN(C)CC5)cc4)cc32)on1. The number of hydrogen-bond donors (Lipinski definition) is 2. The first-order chi connectivity index (χ1) is 15.4. The monoisotopic (exact) mass is 450 g/mol. The number of aromatic nitrogens is 1. The molecule has 32 heavy (non-hydrogen) atoms. The van der Waals surface area contributed by atoms with E-state index in [9.17, 15) is 9.90 Å². The number of carbonyl (C=O) groups is 1. The molecule has 0 spiro atoms. The second-order valence-corrected chi connectivity index (χ2v) is 8.63. The number of aliphatic hydroxyl groups is 1. The molecule has 1 fully saturated rings. The van der Waals surface area contributed by atoms with Gasteiger partial charge in [0.1, 0.15) is 0 Å². The summed E-state index contributed by atoms with van der Waals surface area (Å²) in [5.41, 5.74) is 4.77. The summed E-state index contributed by atoms with van der Waals surface area (Å²) in [5.74, 6) is -0.515. The van der Waals surface area contributed by atoms with Gasteiger partial charge in [-0.15, -0.1) is 0 Å². The van der Waals surface area contributed by atoms with Crippen molar-refractivity contribution in [2.24, 2.45) is 0 Å². The van der Waals surface area contributed by atoms with E-state index in [2.05, 4.69) is 39.5 Å². The number of benzene rings is 2. The molecule has 0 saturated carbocycles. The van der Waals surface area contributed by atoms with E-state index >= 15 is 0 Å². The molecule has 1 amide bonds. The van der Waals surface area contributed by atoms with E-state index in [1.54, 1.807) is 19.1 Å². The van der Waals surface area contributed by atoms with Crippen LogP contribution >= 0.6 is 11.6 Å². The average Bonchev–Trinajstić information content (AvgIpc) is 3.35. The van der Waals surface area contributed by atoms with Crippen LogP contribution in [0.15, 0.2) is 47.0 Å². The maximum Gasteiger partial charge on any atom is 0.260 e. The van der Waals surface area contributed by atoms with Crippen molar-refractivity contribution in [3.8, 4) is 11.1 Å². The lowest BCUT2D eigenvalue weighted by atomic mass is 9.98. The molecule has 2 aromatic carbocycles. The topological polar surface area (TPSA) is 81.8 Å². The summed E-state index contributed by atoms with van der Waals surface area (Å²) < 4.78 is 5.15. The third kappa shape index (κ3) is 3.63. The number of nitrogens with one attached hydrogen (secondary N) is 1. The van der Waals surface area contributed by atoms with E-state index in [1.807, 2.05) is 18.2 Å². The Labute approximate surface area is 190 Å². The molecule has 2 aliphatic rings. The minimum atomic E-state index is -0.412. The highest BCUT2D eigenvalue weighted by Gasteiger charge is 2.31. The Balaban J connectivity index is 1.51. The molecule has 0 atom stereocenters. The number of piperazine rings is 1. The normalized spacial score (nSPS) is 18.0. The molecule has 7 nitrogen and oxygen atoms in total. The minimum Gasteiger partial charge on any atom is -0.504 e. The molecule has 164 valence electrons. The van der Waals surface area contributed by atoms with Crippen molar-refractivity contribution >= 4 is 40.2 Å². The highest BCUT2D eigenvalue weighted by Crippen LogP contribution is 2.42.